The van der Waals surface area contributed by atoms with Crippen LogP contribution in [0, 0.1) is 6.92 Å². The fourth-order valence-corrected chi connectivity index (χ4v) is 0.980. The van der Waals surface area contributed by atoms with Gasteiger partial charge in [-0.1, -0.05) is 17.7 Å². The van der Waals surface area contributed by atoms with Crippen molar-refractivity contribution in [3.05, 3.63) is 29.8 Å². The van der Waals surface area contributed by atoms with Gasteiger partial charge in [0.2, 0.25) is 5.91 Å². The topological polar surface area (TPSA) is 50.4 Å². The van der Waals surface area contributed by atoms with Gasteiger partial charge in [0.25, 0.3) is 0 Å². The second kappa shape index (κ2) is 5.36. The van der Waals surface area contributed by atoms with Gasteiger partial charge in [0.1, 0.15) is 6.54 Å². The van der Waals surface area contributed by atoms with E-state index in [0.717, 1.165) is 11.3 Å². The van der Waals surface area contributed by atoms with Gasteiger partial charge in [-0.05, 0) is 19.1 Å². The lowest BCUT2D eigenvalue weighted by Crippen LogP contribution is -2.27. The summed E-state index contributed by atoms with van der Waals surface area (Å²) in [5.41, 5.74) is 4.42. The van der Waals surface area contributed by atoms with Crippen molar-refractivity contribution in [3.8, 4) is 0 Å². The number of hydrogen-bond acceptors (Lipinski definition) is 3. The summed E-state index contributed by atoms with van der Waals surface area (Å²) < 4.78 is 0. The molecule has 0 unspecified atom stereocenters. The molecule has 4 nitrogen and oxygen atoms in total. The maximum atomic E-state index is 11.2. The molecular formula is C10H14N2O2. The van der Waals surface area contributed by atoms with Gasteiger partial charge >= 0.3 is 0 Å². The lowest BCUT2D eigenvalue weighted by Gasteiger charge is -2.05. The highest BCUT2D eigenvalue weighted by Gasteiger charge is 2.00. The van der Waals surface area contributed by atoms with Crippen molar-refractivity contribution in [1.82, 2.24) is 5.48 Å². The zero-order valence-electron chi connectivity index (χ0n) is 8.33. The Morgan fingerprint density at radius 1 is 1.36 bits per heavy atom. The molecule has 1 aromatic carbocycles. The van der Waals surface area contributed by atoms with E-state index in [1.807, 2.05) is 31.2 Å². The lowest BCUT2D eigenvalue weighted by molar-refractivity contribution is -0.117. The summed E-state index contributed by atoms with van der Waals surface area (Å²) in [6.45, 7) is 2.14. The van der Waals surface area contributed by atoms with Crippen LogP contribution in [0.5, 0.6) is 0 Å². The van der Waals surface area contributed by atoms with Crippen LogP contribution in [-0.4, -0.2) is 19.6 Å². The first-order valence-electron chi connectivity index (χ1n) is 4.34. The molecule has 0 saturated heterocycles. The molecule has 0 saturated carbocycles. The minimum absolute atomic E-state index is 0.129. The third-order valence-corrected chi connectivity index (χ3v) is 1.71. The van der Waals surface area contributed by atoms with E-state index in [1.54, 1.807) is 0 Å². The molecule has 0 atom stereocenters. The number of hydroxylamine groups is 1. The summed E-state index contributed by atoms with van der Waals surface area (Å²) >= 11 is 0. The molecule has 0 fully saturated rings. The van der Waals surface area contributed by atoms with Crippen molar-refractivity contribution in [2.24, 2.45) is 0 Å². The third-order valence-electron chi connectivity index (χ3n) is 1.71. The molecule has 0 heterocycles. The lowest BCUT2D eigenvalue weighted by atomic mass is 10.2. The van der Waals surface area contributed by atoms with E-state index in [-0.39, 0.29) is 12.5 Å². The van der Waals surface area contributed by atoms with Crippen LogP contribution in [0.15, 0.2) is 24.3 Å². The zero-order chi connectivity index (χ0) is 10.4. The minimum Gasteiger partial charge on any atom is -0.325 e. The molecule has 0 aromatic heterocycles. The number of hydrogen-bond donors (Lipinski definition) is 2. The normalized spacial score (nSPS) is 9.86. The summed E-state index contributed by atoms with van der Waals surface area (Å²) in [5.74, 6) is -0.129. The van der Waals surface area contributed by atoms with Crippen LogP contribution in [0.2, 0.25) is 0 Å². The van der Waals surface area contributed by atoms with Crippen LogP contribution < -0.4 is 10.8 Å². The van der Waals surface area contributed by atoms with Gasteiger partial charge < -0.3 is 10.2 Å². The number of carbonyl (C=O) groups is 1. The number of benzene rings is 1. The number of nitrogens with one attached hydrogen (secondary N) is 2. The summed E-state index contributed by atoms with van der Waals surface area (Å²) in [6, 6.07) is 7.61. The second-order valence-corrected chi connectivity index (χ2v) is 2.94. The Balaban J connectivity index is 2.44. The molecule has 1 rings (SSSR count). The van der Waals surface area contributed by atoms with E-state index in [1.165, 1.54) is 7.11 Å². The molecular weight excluding hydrogens is 180 g/mol. The number of carbonyl (C=O) groups excluding carboxylic acids is 1. The van der Waals surface area contributed by atoms with Crippen molar-refractivity contribution in [3.63, 3.8) is 0 Å². The Kier molecular flexibility index (Phi) is 4.10. The van der Waals surface area contributed by atoms with Crippen LogP contribution in [-0.2, 0) is 9.63 Å². The van der Waals surface area contributed by atoms with E-state index in [4.69, 9.17) is 0 Å². The van der Waals surface area contributed by atoms with E-state index in [2.05, 4.69) is 15.6 Å². The Morgan fingerprint density at radius 3 is 2.57 bits per heavy atom. The highest BCUT2D eigenvalue weighted by atomic mass is 16.6. The summed E-state index contributed by atoms with van der Waals surface area (Å²) in [5, 5.41) is 2.72. The van der Waals surface area contributed by atoms with Gasteiger partial charge in [0.15, 0.2) is 0 Å². The van der Waals surface area contributed by atoms with E-state index in [0.29, 0.717) is 0 Å². The highest BCUT2D eigenvalue weighted by Crippen LogP contribution is 2.07. The second-order valence-electron chi connectivity index (χ2n) is 2.94. The average molecular weight is 194 g/mol. The Hall–Kier alpha value is -1.39. The fraction of sp³-hybridized carbons (Fsp3) is 0.300. The van der Waals surface area contributed by atoms with Gasteiger partial charge in [-0.15, -0.1) is 0 Å². The highest BCUT2D eigenvalue weighted by molar-refractivity contribution is 5.92. The summed E-state index contributed by atoms with van der Waals surface area (Å²) in [4.78, 5) is 15.8. The molecule has 0 aliphatic carbocycles. The van der Waals surface area contributed by atoms with Crippen LogP contribution in [0.1, 0.15) is 5.56 Å². The van der Waals surface area contributed by atoms with E-state index < -0.39 is 0 Å². The monoisotopic (exact) mass is 194 g/mol. The molecule has 4 heteroatoms. The van der Waals surface area contributed by atoms with Crippen LogP contribution in [0.4, 0.5) is 5.69 Å². The van der Waals surface area contributed by atoms with Gasteiger partial charge in [-0.2, -0.15) is 5.48 Å². The predicted molar refractivity (Wildman–Crippen MR) is 54.8 cm³/mol. The number of rotatable bonds is 4. The molecule has 1 aromatic rings. The van der Waals surface area contributed by atoms with Gasteiger partial charge in [-0.3, -0.25) is 4.79 Å². The van der Waals surface area contributed by atoms with Gasteiger partial charge in [0.05, 0.1) is 7.11 Å². The smallest absolute Gasteiger partial charge is 0.240 e. The van der Waals surface area contributed by atoms with Crippen molar-refractivity contribution in [1.29, 1.82) is 0 Å². The van der Waals surface area contributed by atoms with Gasteiger partial charge in [-0.25, -0.2) is 0 Å². The van der Waals surface area contributed by atoms with Crippen molar-refractivity contribution in [2.45, 2.75) is 6.92 Å². The number of aryl methyl sites for hydroxylation is 1. The molecule has 0 radical (unpaired) electrons. The number of anilines is 1. The first kappa shape index (κ1) is 10.7. The average Bonchev–Trinajstić information content (AvgIpc) is 2.18. The van der Waals surface area contributed by atoms with Crippen LogP contribution in [0.3, 0.4) is 0 Å². The maximum Gasteiger partial charge on any atom is 0.240 e. The SMILES string of the molecule is CONCC(=O)Nc1ccc(C)cc1. The van der Waals surface area contributed by atoms with Crippen LogP contribution in [0.25, 0.3) is 0 Å². The summed E-state index contributed by atoms with van der Waals surface area (Å²) in [6.07, 6.45) is 0. The van der Waals surface area contributed by atoms with Crippen molar-refractivity contribution < 1.29 is 9.63 Å². The van der Waals surface area contributed by atoms with E-state index in [9.17, 15) is 4.79 Å². The van der Waals surface area contributed by atoms with Gasteiger partial charge in [0, 0.05) is 5.69 Å². The molecule has 14 heavy (non-hydrogen) atoms. The standard InChI is InChI=1S/C10H14N2O2/c1-8-3-5-9(6-4-8)12-10(13)7-11-14-2/h3-6,11H,7H2,1-2H3,(H,12,13). The van der Waals surface area contributed by atoms with E-state index >= 15 is 0 Å². The van der Waals surface area contributed by atoms with Crippen LogP contribution >= 0.6 is 0 Å². The van der Waals surface area contributed by atoms with Crippen molar-refractivity contribution >= 4 is 11.6 Å². The molecule has 0 aliphatic heterocycles. The maximum absolute atomic E-state index is 11.2. The molecule has 0 aliphatic rings. The Labute approximate surface area is 83.2 Å². The number of amides is 1. The quantitative estimate of drug-likeness (QED) is 0.705. The van der Waals surface area contributed by atoms with Crippen molar-refractivity contribution in [2.75, 3.05) is 19.0 Å². The third kappa shape index (κ3) is 3.55. The molecule has 0 bridgehead atoms. The predicted octanol–water partition coefficient (Wildman–Crippen LogP) is 1.08. The Morgan fingerprint density at radius 2 is 2.00 bits per heavy atom. The molecule has 76 valence electrons. The molecule has 1 amide bonds. The summed E-state index contributed by atoms with van der Waals surface area (Å²) in [7, 11) is 1.47. The zero-order valence-corrected chi connectivity index (χ0v) is 8.33. The first-order valence-corrected chi connectivity index (χ1v) is 4.34. The largest absolute Gasteiger partial charge is 0.325 e. The first-order chi connectivity index (χ1) is 6.72. The molecule has 2 N–H and O–H groups in total. The minimum atomic E-state index is -0.129. The fourth-order valence-electron chi connectivity index (χ4n) is 0.980. The Bertz CT molecular complexity index is 295. The molecule has 0 spiro atoms.